The Morgan fingerprint density at radius 2 is 1.94 bits per heavy atom. The van der Waals surface area contributed by atoms with Crippen LogP contribution in [0, 0.1) is 0 Å². The molecule has 3 N–H and O–H groups in total. The molecule has 0 atom stereocenters. The Kier molecular flexibility index (Phi) is 3.34. The molecule has 2 rings (SSSR count). The third-order valence-corrected chi connectivity index (χ3v) is 3.13. The van der Waals surface area contributed by atoms with Crippen LogP contribution in [0.4, 0.5) is 11.4 Å². The van der Waals surface area contributed by atoms with E-state index < -0.39 is 0 Å². The largest absolute Gasteiger partial charge is 0.399 e. The summed E-state index contributed by atoms with van der Waals surface area (Å²) >= 11 is 0. The summed E-state index contributed by atoms with van der Waals surface area (Å²) in [6, 6.07) is 6.28. The number of piperazine rings is 1. The Labute approximate surface area is 97.6 Å². The second kappa shape index (κ2) is 4.74. The predicted octanol–water partition coefficient (Wildman–Crippen LogP) is 1.80. The van der Waals surface area contributed by atoms with Gasteiger partial charge in [0.15, 0.2) is 0 Å². The lowest BCUT2D eigenvalue weighted by Gasteiger charge is -2.32. The van der Waals surface area contributed by atoms with E-state index in [0.717, 1.165) is 31.9 Å². The van der Waals surface area contributed by atoms with Gasteiger partial charge in [-0.05, 0) is 29.7 Å². The van der Waals surface area contributed by atoms with Crippen LogP contribution in [-0.2, 0) is 0 Å². The molecule has 1 saturated heterocycles. The predicted molar refractivity (Wildman–Crippen MR) is 70.0 cm³/mol. The molecule has 1 aromatic carbocycles. The smallest absolute Gasteiger partial charge is 0.0403 e. The second-order valence-corrected chi connectivity index (χ2v) is 4.71. The fourth-order valence-corrected chi connectivity index (χ4v) is 2.23. The topological polar surface area (TPSA) is 41.3 Å². The molecule has 0 radical (unpaired) electrons. The minimum absolute atomic E-state index is 0.522. The maximum atomic E-state index is 5.86. The molecule has 1 heterocycles. The van der Waals surface area contributed by atoms with Gasteiger partial charge in [0.2, 0.25) is 0 Å². The molecule has 0 aliphatic carbocycles. The fraction of sp³-hybridized carbons (Fsp3) is 0.538. The summed E-state index contributed by atoms with van der Waals surface area (Å²) in [4.78, 5) is 2.45. The van der Waals surface area contributed by atoms with Gasteiger partial charge in [0.1, 0.15) is 0 Å². The molecule has 0 saturated carbocycles. The number of benzene rings is 1. The van der Waals surface area contributed by atoms with Crippen molar-refractivity contribution in [1.29, 1.82) is 0 Å². The zero-order valence-corrected chi connectivity index (χ0v) is 10.2. The van der Waals surface area contributed by atoms with Crippen LogP contribution in [-0.4, -0.2) is 26.2 Å². The molecular weight excluding hydrogens is 198 g/mol. The molecule has 0 unspecified atom stereocenters. The van der Waals surface area contributed by atoms with Crippen molar-refractivity contribution in [3.8, 4) is 0 Å². The van der Waals surface area contributed by atoms with E-state index in [9.17, 15) is 0 Å². The van der Waals surface area contributed by atoms with Gasteiger partial charge in [-0.3, -0.25) is 0 Å². The molecule has 0 aromatic heterocycles. The first-order valence-electron chi connectivity index (χ1n) is 6.03. The van der Waals surface area contributed by atoms with E-state index in [0.29, 0.717) is 5.92 Å². The zero-order chi connectivity index (χ0) is 11.5. The van der Waals surface area contributed by atoms with Crippen LogP contribution in [0.2, 0.25) is 0 Å². The van der Waals surface area contributed by atoms with Gasteiger partial charge in [0, 0.05) is 37.6 Å². The first kappa shape index (κ1) is 11.3. The van der Waals surface area contributed by atoms with Gasteiger partial charge in [-0.25, -0.2) is 0 Å². The Balaban J connectivity index is 2.31. The summed E-state index contributed by atoms with van der Waals surface area (Å²) in [6.45, 7) is 8.76. The lowest BCUT2D eigenvalue weighted by atomic mass is 9.99. The SMILES string of the molecule is CC(C)c1cc(N)ccc1N1CCNCC1. The maximum Gasteiger partial charge on any atom is 0.0403 e. The van der Waals surface area contributed by atoms with Crippen molar-refractivity contribution < 1.29 is 0 Å². The van der Waals surface area contributed by atoms with E-state index in [1.54, 1.807) is 0 Å². The molecule has 0 amide bonds. The van der Waals surface area contributed by atoms with E-state index in [1.807, 2.05) is 6.07 Å². The minimum atomic E-state index is 0.522. The Hall–Kier alpha value is -1.22. The molecular formula is C13H21N3. The molecule has 3 nitrogen and oxygen atoms in total. The average Bonchev–Trinajstić information content (AvgIpc) is 2.30. The number of nitrogens with one attached hydrogen (secondary N) is 1. The average molecular weight is 219 g/mol. The summed E-state index contributed by atoms with van der Waals surface area (Å²) in [7, 11) is 0. The van der Waals surface area contributed by atoms with Crippen LogP contribution < -0.4 is 16.0 Å². The van der Waals surface area contributed by atoms with Crippen LogP contribution in [0.3, 0.4) is 0 Å². The van der Waals surface area contributed by atoms with Gasteiger partial charge in [0.05, 0.1) is 0 Å². The highest BCUT2D eigenvalue weighted by Gasteiger charge is 2.15. The van der Waals surface area contributed by atoms with Crippen molar-refractivity contribution in [3.05, 3.63) is 23.8 Å². The highest BCUT2D eigenvalue weighted by atomic mass is 15.2. The Morgan fingerprint density at radius 1 is 1.25 bits per heavy atom. The van der Waals surface area contributed by atoms with Gasteiger partial charge < -0.3 is 16.0 Å². The third-order valence-electron chi connectivity index (χ3n) is 3.13. The summed E-state index contributed by atoms with van der Waals surface area (Å²) < 4.78 is 0. The number of nitrogen functional groups attached to an aromatic ring is 1. The molecule has 3 heteroatoms. The lowest BCUT2D eigenvalue weighted by Crippen LogP contribution is -2.43. The highest BCUT2D eigenvalue weighted by molar-refractivity contribution is 5.61. The molecule has 16 heavy (non-hydrogen) atoms. The van der Waals surface area contributed by atoms with Gasteiger partial charge in [-0.15, -0.1) is 0 Å². The van der Waals surface area contributed by atoms with E-state index in [-0.39, 0.29) is 0 Å². The normalized spacial score (nSPS) is 16.8. The van der Waals surface area contributed by atoms with Crippen LogP contribution in [0.1, 0.15) is 25.3 Å². The third kappa shape index (κ3) is 2.30. The van der Waals surface area contributed by atoms with Gasteiger partial charge in [0.25, 0.3) is 0 Å². The number of nitrogens with two attached hydrogens (primary N) is 1. The van der Waals surface area contributed by atoms with Crippen molar-refractivity contribution in [2.45, 2.75) is 19.8 Å². The van der Waals surface area contributed by atoms with Crippen molar-refractivity contribution in [3.63, 3.8) is 0 Å². The number of hydrogen-bond donors (Lipinski definition) is 2. The summed E-state index contributed by atoms with van der Waals surface area (Å²) in [5.74, 6) is 0.522. The molecule has 1 aliphatic heterocycles. The molecule has 88 valence electrons. The van der Waals surface area contributed by atoms with Crippen LogP contribution in [0.25, 0.3) is 0 Å². The van der Waals surface area contributed by atoms with E-state index in [1.165, 1.54) is 11.3 Å². The first-order chi connectivity index (χ1) is 7.68. The highest BCUT2D eigenvalue weighted by Crippen LogP contribution is 2.29. The number of rotatable bonds is 2. The van der Waals surface area contributed by atoms with Gasteiger partial charge in [-0.1, -0.05) is 13.8 Å². The number of anilines is 2. The number of hydrogen-bond acceptors (Lipinski definition) is 3. The van der Waals surface area contributed by atoms with E-state index in [4.69, 9.17) is 5.73 Å². The monoisotopic (exact) mass is 219 g/mol. The number of nitrogens with zero attached hydrogens (tertiary/aromatic N) is 1. The summed E-state index contributed by atoms with van der Waals surface area (Å²) in [5, 5.41) is 3.38. The van der Waals surface area contributed by atoms with Crippen LogP contribution >= 0.6 is 0 Å². The maximum absolute atomic E-state index is 5.86. The molecule has 1 fully saturated rings. The molecule has 0 spiro atoms. The zero-order valence-electron chi connectivity index (χ0n) is 10.2. The van der Waals surface area contributed by atoms with E-state index >= 15 is 0 Å². The quantitative estimate of drug-likeness (QED) is 0.745. The van der Waals surface area contributed by atoms with Crippen LogP contribution in [0.5, 0.6) is 0 Å². The van der Waals surface area contributed by atoms with Crippen molar-refractivity contribution in [1.82, 2.24) is 5.32 Å². The van der Waals surface area contributed by atoms with E-state index in [2.05, 4.69) is 36.2 Å². The minimum Gasteiger partial charge on any atom is -0.399 e. The summed E-state index contributed by atoms with van der Waals surface area (Å²) in [5.41, 5.74) is 9.44. The van der Waals surface area contributed by atoms with Crippen molar-refractivity contribution in [2.24, 2.45) is 0 Å². The van der Waals surface area contributed by atoms with Crippen molar-refractivity contribution >= 4 is 11.4 Å². The Morgan fingerprint density at radius 3 is 2.56 bits per heavy atom. The molecule has 1 aliphatic rings. The second-order valence-electron chi connectivity index (χ2n) is 4.71. The van der Waals surface area contributed by atoms with Crippen molar-refractivity contribution in [2.75, 3.05) is 36.8 Å². The summed E-state index contributed by atoms with van der Waals surface area (Å²) in [6.07, 6.45) is 0. The first-order valence-corrected chi connectivity index (χ1v) is 6.03. The molecule has 0 bridgehead atoms. The lowest BCUT2D eigenvalue weighted by molar-refractivity contribution is 0.586. The van der Waals surface area contributed by atoms with Gasteiger partial charge >= 0.3 is 0 Å². The Bertz CT molecular complexity index is 354. The fourth-order valence-electron chi connectivity index (χ4n) is 2.23. The standard InChI is InChI=1S/C13H21N3/c1-10(2)12-9-11(14)3-4-13(12)16-7-5-15-6-8-16/h3-4,9-10,15H,5-8,14H2,1-2H3. The van der Waals surface area contributed by atoms with Crippen LogP contribution in [0.15, 0.2) is 18.2 Å². The van der Waals surface area contributed by atoms with Gasteiger partial charge in [-0.2, -0.15) is 0 Å². The molecule has 1 aromatic rings.